The van der Waals surface area contributed by atoms with Gasteiger partial charge in [0.2, 0.25) is 5.95 Å². The topological polar surface area (TPSA) is 138 Å². The number of rotatable bonds is 12. The van der Waals surface area contributed by atoms with E-state index in [-0.39, 0.29) is 12.7 Å². The molecule has 3 aromatic rings. The fourth-order valence-corrected chi connectivity index (χ4v) is 4.22. The van der Waals surface area contributed by atoms with E-state index in [1.165, 1.54) is 0 Å². The van der Waals surface area contributed by atoms with E-state index in [4.69, 9.17) is 19.3 Å². The molecule has 1 saturated heterocycles. The predicted octanol–water partition coefficient (Wildman–Crippen LogP) is 2.20. The van der Waals surface area contributed by atoms with Gasteiger partial charge >= 0.3 is 0 Å². The van der Waals surface area contributed by atoms with Gasteiger partial charge in [0.05, 0.1) is 30.4 Å². The van der Waals surface area contributed by atoms with Crippen LogP contribution in [0.5, 0.6) is 11.5 Å². The average molecular weight is 502 g/mol. The third-order valence-corrected chi connectivity index (χ3v) is 6.00. The first-order valence-corrected chi connectivity index (χ1v) is 12.3. The second-order valence-electron chi connectivity index (χ2n) is 9.10. The van der Waals surface area contributed by atoms with Crippen molar-refractivity contribution < 1.29 is 34.6 Å². The lowest BCUT2D eigenvalue weighted by Crippen LogP contribution is -2.33. The Morgan fingerprint density at radius 1 is 1.06 bits per heavy atom. The van der Waals surface area contributed by atoms with Crippen molar-refractivity contribution in [2.45, 2.75) is 63.9 Å². The number of nitrogens with zero attached hydrogens (tertiary/aromatic N) is 2. The lowest BCUT2D eigenvalue weighted by molar-refractivity contribution is -0.0499. The number of unbranched alkanes of at least 4 members (excludes halogenated alkanes) is 1. The number of hydrogen-bond acceptors (Lipinski definition) is 9. The summed E-state index contributed by atoms with van der Waals surface area (Å²) in [6.45, 7) is 4.48. The van der Waals surface area contributed by atoms with Crippen LogP contribution in [0.4, 0.5) is 5.95 Å². The number of ether oxygens (including phenoxy) is 3. The highest BCUT2D eigenvalue weighted by Crippen LogP contribution is 2.35. The molecule has 1 aliphatic rings. The summed E-state index contributed by atoms with van der Waals surface area (Å²) in [6, 6.07) is 13.2. The maximum absolute atomic E-state index is 10.7. The van der Waals surface area contributed by atoms with E-state index >= 15 is 0 Å². The minimum Gasteiger partial charge on any atom is -0.490 e. The molecule has 10 nitrogen and oxygen atoms in total. The monoisotopic (exact) mass is 501 g/mol. The number of aromatic nitrogens is 2. The normalized spacial score (nSPS) is 21.9. The number of hydrogen-bond donors (Lipinski definition) is 5. The average Bonchev–Trinajstić information content (AvgIpc) is 3.37. The van der Waals surface area contributed by atoms with Crippen LogP contribution in [0.25, 0.3) is 11.0 Å². The molecule has 0 aliphatic carbocycles. The van der Waals surface area contributed by atoms with Crippen LogP contribution in [0.3, 0.4) is 0 Å². The van der Waals surface area contributed by atoms with Crippen LogP contribution in [0.1, 0.15) is 38.5 Å². The first-order valence-electron chi connectivity index (χ1n) is 12.3. The molecule has 0 amide bonds. The summed E-state index contributed by atoms with van der Waals surface area (Å²) in [4.78, 5) is 4.67. The molecule has 4 atom stereocenters. The Labute approximate surface area is 210 Å². The van der Waals surface area contributed by atoms with Crippen molar-refractivity contribution in [3.8, 4) is 11.5 Å². The Kier molecular flexibility index (Phi) is 8.65. The Hall–Kier alpha value is -2.89. The minimum absolute atomic E-state index is 0.00962. The molecule has 2 heterocycles. The van der Waals surface area contributed by atoms with Crippen LogP contribution in [-0.2, 0) is 11.3 Å². The van der Waals surface area contributed by atoms with Crippen molar-refractivity contribution in [3.05, 3.63) is 48.0 Å². The number of fused-ring (bicyclic) bond motifs is 1. The van der Waals surface area contributed by atoms with Gasteiger partial charge in [-0.05, 0) is 56.5 Å². The number of para-hydroxylation sites is 2. The zero-order valence-electron chi connectivity index (χ0n) is 20.6. The van der Waals surface area contributed by atoms with E-state index in [0.29, 0.717) is 42.5 Å². The number of nitrogens with one attached hydrogen (secondary N) is 1. The van der Waals surface area contributed by atoms with Gasteiger partial charge in [-0.15, -0.1) is 0 Å². The van der Waals surface area contributed by atoms with Gasteiger partial charge in [-0.2, -0.15) is 0 Å². The molecule has 1 aromatic heterocycles. The lowest BCUT2D eigenvalue weighted by Gasteiger charge is -2.20. The van der Waals surface area contributed by atoms with E-state index in [2.05, 4.69) is 10.3 Å². The molecular weight excluding hydrogens is 466 g/mol. The van der Waals surface area contributed by atoms with Crippen molar-refractivity contribution in [1.82, 2.24) is 9.55 Å². The van der Waals surface area contributed by atoms with Crippen molar-refractivity contribution in [1.29, 1.82) is 0 Å². The van der Waals surface area contributed by atoms with Crippen LogP contribution in [0.2, 0.25) is 0 Å². The molecule has 10 heteroatoms. The molecule has 196 valence electrons. The van der Waals surface area contributed by atoms with Gasteiger partial charge in [-0.1, -0.05) is 18.2 Å². The summed E-state index contributed by atoms with van der Waals surface area (Å²) < 4.78 is 19.3. The van der Waals surface area contributed by atoms with E-state index < -0.39 is 31.1 Å². The summed E-state index contributed by atoms with van der Waals surface area (Å²) in [5.41, 5.74) is 2.35. The van der Waals surface area contributed by atoms with Crippen molar-refractivity contribution in [3.63, 3.8) is 0 Å². The maximum atomic E-state index is 10.7. The van der Waals surface area contributed by atoms with E-state index in [0.717, 1.165) is 17.5 Å². The van der Waals surface area contributed by atoms with Gasteiger partial charge in [0, 0.05) is 13.2 Å². The SMILES string of the molecule is CC(C)Oc1ccc(CNc2nc3ccccc3n2[C@@H]2O[C@H](CO)[C@@H](O)[C@H]2O)cc1OCCCCO. The quantitative estimate of drug-likeness (QED) is 0.236. The summed E-state index contributed by atoms with van der Waals surface area (Å²) in [7, 11) is 0. The number of benzene rings is 2. The van der Waals surface area contributed by atoms with E-state index in [9.17, 15) is 15.3 Å². The Balaban J connectivity index is 1.58. The summed E-state index contributed by atoms with van der Waals surface area (Å²) >= 11 is 0. The largest absolute Gasteiger partial charge is 0.490 e. The molecule has 36 heavy (non-hydrogen) atoms. The third-order valence-electron chi connectivity index (χ3n) is 6.00. The summed E-state index contributed by atoms with van der Waals surface area (Å²) in [5.74, 6) is 1.73. The first kappa shape index (κ1) is 26.2. The smallest absolute Gasteiger partial charge is 0.206 e. The molecule has 0 unspecified atom stereocenters. The van der Waals surface area contributed by atoms with Crippen molar-refractivity contribution in [2.24, 2.45) is 0 Å². The molecule has 1 aliphatic heterocycles. The number of imidazole rings is 1. The highest BCUT2D eigenvalue weighted by atomic mass is 16.6. The van der Waals surface area contributed by atoms with Crippen LogP contribution in [0.15, 0.2) is 42.5 Å². The van der Waals surface area contributed by atoms with Crippen LogP contribution in [-0.4, -0.2) is 74.2 Å². The van der Waals surface area contributed by atoms with Gasteiger partial charge in [0.25, 0.3) is 0 Å². The highest BCUT2D eigenvalue weighted by Gasteiger charge is 2.44. The molecule has 0 saturated carbocycles. The van der Waals surface area contributed by atoms with Crippen LogP contribution >= 0.6 is 0 Å². The van der Waals surface area contributed by atoms with E-state index in [1.54, 1.807) is 4.57 Å². The van der Waals surface area contributed by atoms with Crippen molar-refractivity contribution in [2.75, 3.05) is 25.1 Å². The van der Waals surface area contributed by atoms with Crippen LogP contribution < -0.4 is 14.8 Å². The lowest BCUT2D eigenvalue weighted by atomic mass is 10.1. The van der Waals surface area contributed by atoms with Crippen molar-refractivity contribution >= 4 is 17.0 Å². The maximum Gasteiger partial charge on any atom is 0.206 e. The van der Waals surface area contributed by atoms with E-state index in [1.807, 2.05) is 56.3 Å². The molecule has 0 bridgehead atoms. The van der Waals surface area contributed by atoms with Crippen LogP contribution in [0, 0.1) is 0 Å². The second kappa shape index (κ2) is 11.9. The molecule has 0 spiro atoms. The highest BCUT2D eigenvalue weighted by molar-refractivity contribution is 5.78. The summed E-state index contributed by atoms with van der Waals surface area (Å²) in [5, 5.41) is 42.8. The molecule has 4 rings (SSSR count). The second-order valence-corrected chi connectivity index (χ2v) is 9.10. The molecule has 1 fully saturated rings. The fourth-order valence-electron chi connectivity index (χ4n) is 4.22. The number of aliphatic hydroxyl groups excluding tert-OH is 4. The van der Waals surface area contributed by atoms with Gasteiger partial charge in [-0.25, -0.2) is 4.98 Å². The Morgan fingerprint density at radius 3 is 2.58 bits per heavy atom. The Morgan fingerprint density at radius 2 is 1.86 bits per heavy atom. The third kappa shape index (κ3) is 5.74. The molecule has 0 radical (unpaired) electrons. The molecule has 5 N–H and O–H groups in total. The fraction of sp³-hybridized carbons (Fsp3) is 0.500. The first-order chi connectivity index (χ1) is 17.4. The molecular formula is C26H35N3O7. The molecule has 2 aromatic carbocycles. The number of aliphatic hydroxyl groups is 4. The predicted molar refractivity (Wildman–Crippen MR) is 134 cm³/mol. The van der Waals surface area contributed by atoms with Gasteiger partial charge < -0.3 is 40.0 Å². The minimum atomic E-state index is -1.23. The Bertz CT molecular complexity index is 1140. The summed E-state index contributed by atoms with van der Waals surface area (Å²) in [6.07, 6.45) is -2.87. The zero-order valence-corrected chi connectivity index (χ0v) is 20.6. The number of anilines is 1. The van der Waals surface area contributed by atoms with Gasteiger partial charge in [-0.3, -0.25) is 4.57 Å². The van der Waals surface area contributed by atoms with Gasteiger partial charge in [0.1, 0.15) is 18.3 Å². The van der Waals surface area contributed by atoms with Gasteiger partial charge in [0.15, 0.2) is 17.7 Å². The zero-order chi connectivity index (χ0) is 25.7. The standard InChI is InChI=1S/C26H35N3O7/c1-16(2)35-20-10-9-17(13-21(20)34-12-6-5-11-30)14-27-26-28-18-7-3-4-8-19(18)29(26)25-24(33)23(32)22(15-31)36-25/h3-4,7-10,13,16,22-25,30-33H,5-6,11-12,14-15H2,1-2H3,(H,27,28)/t22-,23-,24-,25-/m1/s1.